The first-order chi connectivity index (χ1) is 18.6. The summed E-state index contributed by atoms with van der Waals surface area (Å²) in [6, 6.07) is 28.9. The molecule has 0 N–H and O–H groups in total. The molecule has 0 fully saturated rings. The van der Waals surface area contributed by atoms with Gasteiger partial charge in [-0.05, 0) is 59.9 Å². The third-order valence-corrected chi connectivity index (χ3v) is 7.34. The molecule has 0 amide bonds. The Morgan fingerprint density at radius 2 is 1.61 bits per heavy atom. The van der Waals surface area contributed by atoms with Crippen LogP contribution < -0.4 is 0 Å². The van der Waals surface area contributed by atoms with Crippen LogP contribution in [0.15, 0.2) is 84.9 Å². The number of aromatic nitrogens is 4. The maximum atomic E-state index is 11.5. The van der Waals surface area contributed by atoms with Gasteiger partial charge in [0.25, 0.3) is 0 Å². The molecular weight excluding hydrogens is 468 g/mol. The Morgan fingerprint density at radius 1 is 0.842 bits per heavy atom. The molecule has 6 aromatic rings. The van der Waals surface area contributed by atoms with E-state index in [0.717, 1.165) is 81.6 Å². The molecule has 0 aliphatic heterocycles. The Kier molecular flexibility index (Phi) is 6.12. The lowest BCUT2D eigenvalue weighted by atomic mass is 9.99. The smallest absolute Gasteiger partial charge is 0.150 e. The van der Waals surface area contributed by atoms with Crippen LogP contribution in [0.4, 0.5) is 0 Å². The highest BCUT2D eigenvalue weighted by molar-refractivity contribution is 5.88. The van der Waals surface area contributed by atoms with E-state index in [1.807, 2.05) is 30.3 Å². The normalized spacial score (nSPS) is 11.4. The maximum Gasteiger partial charge on any atom is 0.150 e. The summed E-state index contributed by atoms with van der Waals surface area (Å²) in [5.41, 5.74) is 10.4. The molecule has 0 spiro atoms. The molecule has 2 heterocycles. The molecule has 6 rings (SSSR count). The van der Waals surface area contributed by atoms with Gasteiger partial charge in [0.15, 0.2) is 6.29 Å². The molecule has 0 aliphatic rings. The lowest BCUT2D eigenvalue weighted by molar-refractivity contribution is 0.112. The fraction of sp³-hybridized carbons (Fsp3) is 0.182. The molecule has 0 atom stereocenters. The van der Waals surface area contributed by atoms with Crippen molar-refractivity contribution in [1.82, 2.24) is 19.1 Å². The van der Waals surface area contributed by atoms with Gasteiger partial charge in [0.2, 0.25) is 0 Å². The van der Waals surface area contributed by atoms with Gasteiger partial charge in [0, 0.05) is 31.1 Å². The Balaban J connectivity index is 1.43. The molecule has 5 nitrogen and oxygen atoms in total. The molecule has 4 aromatic carbocycles. The van der Waals surface area contributed by atoms with Crippen LogP contribution in [-0.2, 0) is 20.0 Å². The predicted molar refractivity (Wildman–Crippen MR) is 155 cm³/mol. The Bertz CT molecular complexity index is 1790. The maximum absolute atomic E-state index is 11.5. The van der Waals surface area contributed by atoms with Crippen LogP contribution in [0.5, 0.6) is 0 Å². The number of imidazole rings is 2. The summed E-state index contributed by atoms with van der Waals surface area (Å²) in [7, 11) is 2.08. The number of rotatable bonds is 7. The molecule has 0 aliphatic carbocycles. The van der Waals surface area contributed by atoms with Gasteiger partial charge in [0.05, 0.1) is 22.1 Å². The van der Waals surface area contributed by atoms with Crippen LogP contribution in [0.3, 0.4) is 0 Å². The highest BCUT2D eigenvalue weighted by Gasteiger charge is 2.17. The van der Waals surface area contributed by atoms with Crippen molar-refractivity contribution in [1.29, 1.82) is 0 Å². The number of fused-ring (bicyclic) bond motifs is 2. The zero-order valence-electron chi connectivity index (χ0n) is 22.0. The van der Waals surface area contributed by atoms with Crippen LogP contribution in [-0.4, -0.2) is 25.4 Å². The first-order valence-electron chi connectivity index (χ1n) is 13.1. The highest BCUT2D eigenvalue weighted by atomic mass is 16.1. The molecule has 5 heteroatoms. The van der Waals surface area contributed by atoms with Crippen LogP contribution in [0, 0.1) is 6.92 Å². The van der Waals surface area contributed by atoms with Crippen molar-refractivity contribution < 1.29 is 4.79 Å². The highest BCUT2D eigenvalue weighted by Crippen LogP contribution is 2.31. The molecular formula is C33H30N4O. The number of benzene rings is 4. The third-order valence-electron chi connectivity index (χ3n) is 7.34. The summed E-state index contributed by atoms with van der Waals surface area (Å²) in [5.74, 6) is 2.06. The van der Waals surface area contributed by atoms with Crippen LogP contribution >= 0.6 is 0 Å². The second-order valence-electron chi connectivity index (χ2n) is 9.91. The van der Waals surface area contributed by atoms with Gasteiger partial charge >= 0.3 is 0 Å². The van der Waals surface area contributed by atoms with E-state index in [-0.39, 0.29) is 0 Å². The number of nitrogens with zero attached hydrogens (tertiary/aromatic N) is 4. The van der Waals surface area contributed by atoms with E-state index in [2.05, 4.69) is 84.6 Å². The van der Waals surface area contributed by atoms with Crippen LogP contribution in [0.1, 0.15) is 40.7 Å². The van der Waals surface area contributed by atoms with Gasteiger partial charge in [-0.15, -0.1) is 0 Å². The van der Waals surface area contributed by atoms with E-state index in [1.54, 1.807) is 0 Å². The molecule has 0 saturated heterocycles. The van der Waals surface area contributed by atoms with Crippen molar-refractivity contribution >= 4 is 28.4 Å². The van der Waals surface area contributed by atoms with Gasteiger partial charge in [-0.2, -0.15) is 0 Å². The van der Waals surface area contributed by atoms with E-state index in [1.165, 1.54) is 5.56 Å². The minimum absolute atomic E-state index is 0.705. The van der Waals surface area contributed by atoms with Gasteiger partial charge in [-0.3, -0.25) is 4.79 Å². The van der Waals surface area contributed by atoms with Gasteiger partial charge in [-0.25, -0.2) is 9.97 Å². The van der Waals surface area contributed by atoms with Gasteiger partial charge < -0.3 is 9.13 Å². The number of carbonyl (C=O) groups is 1. The summed E-state index contributed by atoms with van der Waals surface area (Å²) in [6.45, 7) is 5.06. The van der Waals surface area contributed by atoms with E-state index in [4.69, 9.17) is 9.97 Å². The molecule has 38 heavy (non-hydrogen) atoms. The quantitative estimate of drug-likeness (QED) is 0.216. The second-order valence-corrected chi connectivity index (χ2v) is 9.91. The Hall–Kier alpha value is -4.51. The average Bonchev–Trinajstić information content (AvgIpc) is 3.47. The number of aryl methyl sites for hydroxylation is 3. The summed E-state index contributed by atoms with van der Waals surface area (Å²) >= 11 is 0. The number of aldehydes is 1. The van der Waals surface area contributed by atoms with E-state index >= 15 is 0 Å². The molecule has 2 aromatic heterocycles. The number of para-hydroxylation sites is 2. The Labute approximate surface area is 222 Å². The average molecular weight is 499 g/mol. The van der Waals surface area contributed by atoms with E-state index < -0.39 is 0 Å². The standard InChI is InChI=1S/C33H30N4O/c1-4-9-31-35-32-22(2)18-26(33-34-28-12-7-8-13-29(28)36(33)3)19-30(32)37(31)20-23-14-16-24(17-15-23)27-11-6-5-10-25(27)21-38/h5-8,10-19,21H,4,9,20H2,1-3H3. The van der Waals surface area contributed by atoms with Crippen molar-refractivity contribution in [3.05, 3.63) is 107 Å². The second kappa shape index (κ2) is 9.75. The van der Waals surface area contributed by atoms with Crippen molar-refractivity contribution in [2.24, 2.45) is 7.05 Å². The van der Waals surface area contributed by atoms with Crippen LogP contribution in [0.2, 0.25) is 0 Å². The zero-order chi connectivity index (χ0) is 26.2. The molecule has 0 radical (unpaired) electrons. The number of hydrogen-bond donors (Lipinski definition) is 0. The lowest BCUT2D eigenvalue weighted by Crippen LogP contribution is -2.05. The first kappa shape index (κ1) is 23.9. The van der Waals surface area contributed by atoms with E-state index in [9.17, 15) is 4.79 Å². The predicted octanol–water partition coefficient (Wildman–Crippen LogP) is 7.38. The third kappa shape index (κ3) is 4.10. The van der Waals surface area contributed by atoms with Gasteiger partial charge in [0.1, 0.15) is 11.6 Å². The molecule has 0 unspecified atom stereocenters. The van der Waals surface area contributed by atoms with Crippen molar-refractivity contribution in [3.8, 4) is 22.5 Å². The summed E-state index contributed by atoms with van der Waals surface area (Å²) in [5, 5.41) is 0. The van der Waals surface area contributed by atoms with Crippen molar-refractivity contribution in [3.63, 3.8) is 0 Å². The fourth-order valence-corrected chi connectivity index (χ4v) is 5.40. The van der Waals surface area contributed by atoms with Crippen molar-refractivity contribution in [2.75, 3.05) is 0 Å². The number of hydrogen-bond acceptors (Lipinski definition) is 3. The van der Waals surface area contributed by atoms with Crippen molar-refractivity contribution in [2.45, 2.75) is 33.2 Å². The summed E-state index contributed by atoms with van der Waals surface area (Å²) in [4.78, 5) is 21.5. The largest absolute Gasteiger partial charge is 0.327 e. The minimum atomic E-state index is 0.705. The zero-order valence-corrected chi connectivity index (χ0v) is 22.0. The Morgan fingerprint density at radius 3 is 2.37 bits per heavy atom. The number of carbonyl (C=O) groups excluding carboxylic acids is 1. The fourth-order valence-electron chi connectivity index (χ4n) is 5.40. The minimum Gasteiger partial charge on any atom is -0.327 e. The summed E-state index contributed by atoms with van der Waals surface area (Å²) < 4.78 is 4.52. The monoisotopic (exact) mass is 498 g/mol. The van der Waals surface area contributed by atoms with Gasteiger partial charge in [-0.1, -0.05) is 67.6 Å². The first-order valence-corrected chi connectivity index (χ1v) is 13.1. The topological polar surface area (TPSA) is 52.7 Å². The molecule has 0 bridgehead atoms. The SMILES string of the molecule is CCCc1nc2c(C)cc(-c3nc4ccccc4n3C)cc2n1Cc1ccc(-c2ccccc2C=O)cc1. The lowest BCUT2D eigenvalue weighted by Gasteiger charge is -2.12. The van der Waals surface area contributed by atoms with E-state index in [0.29, 0.717) is 5.56 Å². The van der Waals surface area contributed by atoms with Crippen LogP contribution in [0.25, 0.3) is 44.6 Å². The molecule has 188 valence electrons. The summed E-state index contributed by atoms with van der Waals surface area (Å²) in [6.07, 6.45) is 2.87. The molecule has 0 saturated carbocycles.